The molecule has 27 heavy (non-hydrogen) atoms. The van der Waals surface area contributed by atoms with Crippen molar-refractivity contribution in [2.24, 2.45) is 0 Å². The molecule has 0 fully saturated rings. The van der Waals surface area contributed by atoms with Gasteiger partial charge in [-0.3, -0.25) is 14.9 Å². The summed E-state index contributed by atoms with van der Waals surface area (Å²) in [6.07, 6.45) is 5.54. The minimum absolute atomic E-state index is 0.0206. The summed E-state index contributed by atoms with van der Waals surface area (Å²) in [5.41, 5.74) is 4.86. The predicted octanol–water partition coefficient (Wildman–Crippen LogP) is 3.28. The molecule has 0 amide bonds. The van der Waals surface area contributed by atoms with Crippen LogP contribution < -0.4 is 11.3 Å². The van der Waals surface area contributed by atoms with E-state index in [4.69, 9.17) is 5.73 Å². The van der Waals surface area contributed by atoms with Gasteiger partial charge in [-0.1, -0.05) is 19.8 Å². The lowest BCUT2D eigenvalue weighted by molar-refractivity contribution is -0.384. The number of nitrogens with two attached hydrogens (primary N) is 1. The lowest BCUT2D eigenvalue weighted by Gasteiger charge is -2.09. The van der Waals surface area contributed by atoms with Crippen LogP contribution in [0.5, 0.6) is 0 Å². The molecule has 0 unspecified atom stereocenters. The Morgan fingerprint density at radius 3 is 2.78 bits per heavy atom. The first-order chi connectivity index (χ1) is 12.9. The van der Waals surface area contributed by atoms with Crippen molar-refractivity contribution >= 4 is 22.3 Å². The third kappa shape index (κ3) is 3.62. The maximum absolute atomic E-state index is 14.6. The monoisotopic (exact) mass is 371 g/mol. The first-order valence-corrected chi connectivity index (χ1v) is 8.52. The Bertz CT molecular complexity index is 1080. The summed E-state index contributed by atoms with van der Waals surface area (Å²) >= 11 is 0. The van der Waals surface area contributed by atoms with Crippen molar-refractivity contribution in [1.29, 1.82) is 0 Å². The molecule has 2 aromatic heterocycles. The van der Waals surface area contributed by atoms with Crippen LogP contribution in [0.15, 0.2) is 35.4 Å². The van der Waals surface area contributed by atoms with Crippen LogP contribution in [-0.2, 0) is 6.54 Å². The third-order valence-electron chi connectivity index (χ3n) is 4.30. The van der Waals surface area contributed by atoms with E-state index in [0.717, 1.165) is 31.5 Å². The Hall–Kier alpha value is -3.36. The number of fused-ring (bicyclic) bond motifs is 1. The summed E-state index contributed by atoms with van der Waals surface area (Å²) in [7, 11) is 0. The van der Waals surface area contributed by atoms with E-state index in [9.17, 15) is 19.3 Å². The second-order valence-electron chi connectivity index (χ2n) is 6.16. The topological polar surface area (TPSA) is 117 Å². The molecule has 0 aliphatic carbocycles. The number of benzene rings is 1. The molecule has 0 bridgehead atoms. The molecule has 0 radical (unpaired) electrons. The number of aryl methyl sites for hydroxylation is 1. The Balaban J connectivity index is 2.05. The molecule has 0 spiro atoms. The first-order valence-electron chi connectivity index (χ1n) is 8.52. The Kier molecular flexibility index (Phi) is 5.11. The number of aromatic nitrogens is 3. The van der Waals surface area contributed by atoms with Crippen LogP contribution in [0.1, 0.15) is 26.2 Å². The van der Waals surface area contributed by atoms with E-state index in [1.54, 1.807) is 16.8 Å². The predicted molar refractivity (Wildman–Crippen MR) is 99.8 cm³/mol. The molecule has 2 N–H and O–H groups in total. The van der Waals surface area contributed by atoms with Gasteiger partial charge in [-0.05, 0) is 30.0 Å². The lowest BCUT2D eigenvalue weighted by atomic mass is 10.1. The fourth-order valence-electron chi connectivity index (χ4n) is 2.84. The Labute approximate surface area is 153 Å². The van der Waals surface area contributed by atoms with Gasteiger partial charge < -0.3 is 10.3 Å². The maximum Gasteiger partial charge on any atom is 0.329 e. The number of halogens is 1. The number of nitro groups is 1. The van der Waals surface area contributed by atoms with Crippen LogP contribution in [0.3, 0.4) is 0 Å². The molecule has 0 saturated heterocycles. The van der Waals surface area contributed by atoms with Gasteiger partial charge in [0.25, 0.3) is 5.56 Å². The normalized spacial score (nSPS) is 11.0. The third-order valence-corrected chi connectivity index (χ3v) is 4.30. The van der Waals surface area contributed by atoms with E-state index < -0.39 is 16.4 Å². The van der Waals surface area contributed by atoms with Gasteiger partial charge in [-0.15, -0.1) is 0 Å². The highest BCUT2D eigenvalue weighted by molar-refractivity contribution is 5.86. The minimum atomic E-state index is -0.711. The van der Waals surface area contributed by atoms with Crippen molar-refractivity contribution in [3.63, 3.8) is 0 Å². The van der Waals surface area contributed by atoms with Gasteiger partial charge in [-0.25, -0.2) is 14.4 Å². The molecule has 3 aromatic rings. The van der Waals surface area contributed by atoms with Gasteiger partial charge >= 0.3 is 5.69 Å². The van der Waals surface area contributed by atoms with E-state index in [-0.39, 0.29) is 28.2 Å². The molecular formula is C18H18FN5O3. The van der Waals surface area contributed by atoms with Crippen LogP contribution >= 0.6 is 0 Å². The quantitative estimate of drug-likeness (QED) is 0.404. The number of nitrogens with zero attached hydrogens (tertiary/aromatic N) is 4. The minimum Gasteiger partial charge on any atom is -0.378 e. The highest BCUT2D eigenvalue weighted by atomic mass is 19.1. The summed E-state index contributed by atoms with van der Waals surface area (Å²) < 4.78 is 16.2. The number of hydrogen-bond donors (Lipinski definition) is 1. The highest BCUT2D eigenvalue weighted by Crippen LogP contribution is 2.27. The molecule has 9 heteroatoms. The number of rotatable bonds is 6. The van der Waals surface area contributed by atoms with Crippen LogP contribution in [0.25, 0.3) is 22.2 Å². The average molecular weight is 371 g/mol. The van der Waals surface area contributed by atoms with E-state index in [2.05, 4.69) is 16.9 Å². The number of unbranched alkanes of at least 4 members (excludes halogenated alkanes) is 2. The number of anilines is 1. The van der Waals surface area contributed by atoms with Crippen molar-refractivity contribution in [3.05, 3.63) is 56.9 Å². The smallest absolute Gasteiger partial charge is 0.329 e. The zero-order valence-electron chi connectivity index (χ0n) is 14.7. The summed E-state index contributed by atoms with van der Waals surface area (Å²) in [5, 5.41) is 11.6. The molecular weight excluding hydrogens is 353 g/mol. The number of hydrogen-bond acceptors (Lipinski definition) is 6. The molecule has 2 heterocycles. The second kappa shape index (κ2) is 7.48. The van der Waals surface area contributed by atoms with Crippen molar-refractivity contribution in [2.45, 2.75) is 32.7 Å². The largest absolute Gasteiger partial charge is 0.378 e. The fraction of sp³-hybridized carbons (Fsp3) is 0.278. The van der Waals surface area contributed by atoms with Crippen molar-refractivity contribution in [1.82, 2.24) is 14.5 Å². The Morgan fingerprint density at radius 1 is 1.33 bits per heavy atom. The molecule has 1 aromatic carbocycles. The SMILES string of the molecule is CCCCCn1ccc2cc(-c3ncc([N+](=O)[O-])c(N)n3)c(F)cc2c1=O. The summed E-state index contributed by atoms with van der Waals surface area (Å²) in [5.74, 6) is -1.13. The molecule has 0 atom stereocenters. The van der Waals surface area contributed by atoms with Crippen molar-refractivity contribution in [3.8, 4) is 11.4 Å². The van der Waals surface area contributed by atoms with Gasteiger partial charge in [0, 0.05) is 12.7 Å². The molecule has 0 aliphatic heterocycles. The van der Waals surface area contributed by atoms with E-state index in [1.165, 1.54) is 6.07 Å². The molecule has 8 nitrogen and oxygen atoms in total. The van der Waals surface area contributed by atoms with Crippen LogP contribution in [0.2, 0.25) is 0 Å². The highest BCUT2D eigenvalue weighted by Gasteiger charge is 2.18. The Morgan fingerprint density at radius 2 is 2.11 bits per heavy atom. The van der Waals surface area contributed by atoms with Crippen molar-refractivity contribution < 1.29 is 9.31 Å². The number of nitrogen functional groups attached to an aromatic ring is 1. The van der Waals surface area contributed by atoms with Gasteiger partial charge in [0.05, 0.1) is 15.9 Å². The zero-order chi connectivity index (χ0) is 19.6. The van der Waals surface area contributed by atoms with Gasteiger partial charge in [0.1, 0.15) is 12.0 Å². The van der Waals surface area contributed by atoms with Crippen molar-refractivity contribution in [2.75, 3.05) is 5.73 Å². The van der Waals surface area contributed by atoms with E-state index in [0.29, 0.717) is 11.9 Å². The molecule has 3 rings (SSSR count). The van der Waals surface area contributed by atoms with Gasteiger partial charge in [0.15, 0.2) is 5.82 Å². The summed E-state index contributed by atoms with van der Waals surface area (Å²) in [6.45, 7) is 2.65. The van der Waals surface area contributed by atoms with Crippen LogP contribution in [0, 0.1) is 15.9 Å². The van der Waals surface area contributed by atoms with E-state index >= 15 is 0 Å². The zero-order valence-corrected chi connectivity index (χ0v) is 14.7. The van der Waals surface area contributed by atoms with Gasteiger partial charge in [0.2, 0.25) is 5.82 Å². The molecule has 0 aliphatic rings. The summed E-state index contributed by atoms with van der Waals surface area (Å²) in [4.78, 5) is 30.3. The fourth-order valence-corrected chi connectivity index (χ4v) is 2.84. The lowest BCUT2D eigenvalue weighted by Crippen LogP contribution is -2.19. The first kappa shape index (κ1) is 18.4. The standard InChI is InChI=1S/C18H18FN5O3/c1-2-3-4-6-23-7-5-11-8-13(14(19)9-12(11)18(23)25)17-21-10-15(24(26)27)16(20)22-17/h5,7-10H,2-4,6H2,1H3,(H2,20,21,22). The molecule has 0 saturated carbocycles. The van der Waals surface area contributed by atoms with Crippen LogP contribution in [-0.4, -0.2) is 19.5 Å². The van der Waals surface area contributed by atoms with E-state index in [1.807, 2.05) is 0 Å². The molecule has 140 valence electrons. The van der Waals surface area contributed by atoms with Crippen LogP contribution in [0.4, 0.5) is 15.9 Å². The van der Waals surface area contributed by atoms with Gasteiger partial charge in [-0.2, -0.15) is 0 Å². The maximum atomic E-state index is 14.6. The summed E-state index contributed by atoms with van der Waals surface area (Å²) in [6, 6.07) is 4.31. The second-order valence-corrected chi connectivity index (χ2v) is 6.16. The number of pyridine rings is 1. The average Bonchev–Trinajstić information content (AvgIpc) is 2.63.